The van der Waals surface area contributed by atoms with Crippen LogP contribution in [0.25, 0.3) is 0 Å². The van der Waals surface area contributed by atoms with Crippen molar-refractivity contribution in [3.05, 3.63) is 46.2 Å². The van der Waals surface area contributed by atoms with E-state index in [9.17, 15) is 13.2 Å². The van der Waals surface area contributed by atoms with Crippen molar-refractivity contribution in [1.29, 1.82) is 0 Å². The Bertz CT molecular complexity index is 523. The third-order valence-corrected chi connectivity index (χ3v) is 3.14. The van der Waals surface area contributed by atoms with E-state index in [0.717, 1.165) is 17.0 Å². The molecule has 0 atom stereocenters. The number of halogens is 3. The van der Waals surface area contributed by atoms with Crippen LogP contribution in [0.3, 0.4) is 0 Å². The lowest BCUT2D eigenvalue weighted by molar-refractivity contribution is -0.137. The normalized spacial score (nSPS) is 11.5. The van der Waals surface area contributed by atoms with Crippen molar-refractivity contribution in [3.8, 4) is 5.75 Å². The first kappa shape index (κ1) is 12.8. The largest absolute Gasteiger partial charge is 0.486 e. The predicted octanol–water partition coefficient (Wildman–Crippen LogP) is 3.93. The van der Waals surface area contributed by atoms with E-state index in [1.165, 1.54) is 17.4 Å². The lowest BCUT2D eigenvalue weighted by Gasteiger charge is -2.11. The lowest BCUT2D eigenvalue weighted by atomic mass is 10.2. The summed E-state index contributed by atoms with van der Waals surface area (Å²) in [5.41, 5.74) is 4.75. The van der Waals surface area contributed by atoms with Gasteiger partial charge in [-0.2, -0.15) is 13.2 Å². The summed E-state index contributed by atoms with van der Waals surface area (Å²) in [4.78, 5) is 0.981. The second-order valence-corrected chi connectivity index (χ2v) is 4.65. The zero-order chi connectivity index (χ0) is 13.2. The van der Waals surface area contributed by atoms with E-state index < -0.39 is 11.7 Å². The summed E-state index contributed by atoms with van der Waals surface area (Å²) in [6.07, 6.45) is -4.39. The van der Waals surface area contributed by atoms with Gasteiger partial charge in [-0.3, -0.25) is 0 Å². The molecule has 6 heteroatoms. The van der Waals surface area contributed by atoms with Gasteiger partial charge in [0.1, 0.15) is 12.4 Å². The Morgan fingerprint density at radius 1 is 1.22 bits per heavy atom. The van der Waals surface area contributed by atoms with Gasteiger partial charge in [0.15, 0.2) is 0 Å². The van der Waals surface area contributed by atoms with Gasteiger partial charge in [-0.25, -0.2) is 0 Å². The third-order valence-electron chi connectivity index (χ3n) is 2.29. The molecule has 0 aliphatic rings. The quantitative estimate of drug-likeness (QED) is 0.860. The maximum atomic E-state index is 12.4. The smallest absolute Gasteiger partial charge is 0.416 e. The molecule has 96 valence electrons. The molecule has 0 saturated heterocycles. The maximum Gasteiger partial charge on any atom is 0.416 e. The molecule has 0 radical (unpaired) electrons. The summed E-state index contributed by atoms with van der Waals surface area (Å²) in [7, 11) is 0. The molecule has 0 bridgehead atoms. The molecule has 1 aromatic carbocycles. The number of nitrogen functional groups attached to an aromatic ring is 1. The average molecular weight is 273 g/mol. The topological polar surface area (TPSA) is 35.2 Å². The Hall–Kier alpha value is -1.69. The van der Waals surface area contributed by atoms with Crippen LogP contribution in [0.4, 0.5) is 18.9 Å². The van der Waals surface area contributed by atoms with Gasteiger partial charge in [-0.05, 0) is 29.6 Å². The number of nitrogens with two attached hydrogens (primary N) is 1. The highest BCUT2D eigenvalue weighted by molar-refractivity contribution is 7.09. The fourth-order valence-corrected chi connectivity index (χ4v) is 2.02. The van der Waals surface area contributed by atoms with Crippen molar-refractivity contribution >= 4 is 17.0 Å². The van der Waals surface area contributed by atoms with Gasteiger partial charge < -0.3 is 10.5 Å². The molecule has 0 saturated carbocycles. The minimum atomic E-state index is -4.39. The number of alkyl halides is 3. The minimum absolute atomic E-state index is 0.0126. The molecule has 1 heterocycles. The molecule has 0 fully saturated rings. The Labute approximate surface area is 106 Å². The molecule has 2 aromatic rings. The van der Waals surface area contributed by atoms with Gasteiger partial charge in [0.2, 0.25) is 0 Å². The Morgan fingerprint density at radius 3 is 2.56 bits per heavy atom. The van der Waals surface area contributed by atoms with Crippen molar-refractivity contribution in [2.45, 2.75) is 12.8 Å². The van der Waals surface area contributed by atoms with Crippen LogP contribution < -0.4 is 10.5 Å². The molecule has 2 rings (SSSR count). The van der Waals surface area contributed by atoms with Crippen LogP contribution in [0.15, 0.2) is 35.7 Å². The van der Waals surface area contributed by atoms with Crippen molar-refractivity contribution in [2.75, 3.05) is 5.73 Å². The highest BCUT2D eigenvalue weighted by atomic mass is 32.1. The zero-order valence-electron chi connectivity index (χ0n) is 9.20. The summed E-state index contributed by atoms with van der Waals surface area (Å²) >= 11 is 1.51. The number of hydrogen-bond donors (Lipinski definition) is 1. The Balaban J connectivity index is 2.10. The number of ether oxygens (including phenoxy) is 1. The van der Waals surface area contributed by atoms with Gasteiger partial charge in [0, 0.05) is 4.88 Å². The molecule has 0 amide bonds. The highest BCUT2D eigenvalue weighted by Crippen LogP contribution is 2.33. The molecule has 1 aromatic heterocycles. The van der Waals surface area contributed by atoms with Crippen LogP contribution in [-0.2, 0) is 12.8 Å². The number of rotatable bonds is 3. The first-order valence-corrected chi connectivity index (χ1v) is 5.96. The monoisotopic (exact) mass is 273 g/mol. The summed E-state index contributed by atoms with van der Waals surface area (Å²) in [6, 6.07) is 6.83. The molecular weight excluding hydrogens is 263 g/mol. The standard InChI is InChI=1S/C12H10F3NOS/c13-12(14,15)8-3-4-11(10(16)6-8)17-7-9-2-1-5-18-9/h1-6H,7,16H2. The Kier molecular flexibility index (Phi) is 3.47. The van der Waals surface area contributed by atoms with Crippen molar-refractivity contribution in [1.82, 2.24) is 0 Å². The van der Waals surface area contributed by atoms with Crippen LogP contribution in [0.2, 0.25) is 0 Å². The predicted molar refractivity (Wildman–Crippen MR) is 64.5 cm³/mol. The first-order valence-electron chi connectivity index (χ1n) is 5.09. The highest BCUT2D eigenvalue weighted by Gasteiger charge is 2.30. The van der Waals surface area contributed by atoms with Gasteiger partial charge in [0.05, 0.1) is 11.3 Å². The molecule has 18 heavy (non-hydrogen) atoms. The number of benzene rings is 1. The fraction of sp³-hybridized carbons (Fsp3) is 0.167. The maximum absolute atomic E-state index is 12.4. The van der Waals surface area contributed by atoms with E-state index in [1.807, 2.05) is 17.5 Å². The van der Waals surface area contributed by atoms with Crippen molar-refractivity contribution in [2.24, 2.45) is 0 Å². The van der Waals surface area contributed by atoms with Crippen LogP contribution >= 0.6 is 11.3 Å². The molecule has 2 nitrogen and oxygen atoms in total. The first-order chi connectivity index (χ1) is 8.47. The second kappa shape index (κ2) is 4.89. The van der Waals surface area contributed by atoms with E-state index in [1.54, 1.807) is 0 Å². The number of thiophene rings is 1. The van der Waals surface area contributed by atoms with Gasteiger partial charge in [0.25, 0.3) is 0 Å². The average Bonchev–Trinajstić information content (AvgIpc) is 2.79. The Morgan fingerprint density at radius 2 is 2.00 bits per heavy atom. The summed E-state index contributed by atoms with van der Waals surface area (Å²) in [5, 5.41) is 1.90. The summed E-state index contributed by atoms with van der Waals surface area (Å²) in [6.45, 7) is 0.299. The fourth-order valence-electron chi connectivity index (χ4n) is 1.40. The second-order valence-electron chi connectivity index (χ2n) is 3.62. The van der Waals surface area contributed by atoms with Crippen molar-refractivity contribution in [3.63, 3.8) is 0 Å². The van der Waals surface area contributed by atoms with Crippen LogP contribution in [0, 0.1) is 0 Å². The summed E-state index contributed by atoms with van der Waals surface area (Å²) in [5.74, 6) is 0.261. The van der Waals surface area contributed by atoms with Gasteiger partial charge in [-0.1, -0.05) is 6.07 Å². The van der Waals surface area contributed by atoms with E-state index in [-0.39, 0.29) is 11.4 Å². The molecule has 0 aliphatic carbocycles. The van der Waals surface area contributed by atoms with E-state index in [2.05, 4.69) is 0 Å². The molecular formula is C12H10F3NOS. The van der Waals surface area contributed by atoms with Crippen LogP contribution in [0.5, 0.6) is 5.75 Å². The number of anilines is 1. The van der Waals surface area contributed by atoms with Gasteiger partial charge in [-0.15, -0.1) is 11.3 Å². The molecule has 0 unspecified atom stereocenters. The summed E-state index contributed by atoms with van der Waals surface area (Å²) < 4.78 is 42.6. The van der Waals surface area contributed by atoms with Gasteiger partial charge >= 0.3 is 6.18 Å². The minimum Gasteiger partial charge on any atom is -0.486 e. The molecule has 0 spiro atoms. The lowest BCUT2D eigenvalue weighted by Crippen LogP contribution is -2.06. The van der Waals surface area contributed by atoms with E-state index in [4.69, 9.17) is 10.5 Å². The van der Waals surface area contributed by atoms with Crippen LogP contribution in [-0.4, -0.2) is 0 Å². The number of hydrogen-bond acceptors (Lipinski definition) is 3. The van der Waals surface area contributed by atoms with E-state index in [0.29, 0.717) is 6.61 Å². The van der Waals surface area contributed by atoms with Crippen molar-refractivity contribution < 1.29 is 17.9 Å². The zero-order valence-corrected chi connectivity index (χ0v) is 10.0. The third kappa shape index (κ3) is 2.95. The molecule has 0 aliphatic heterocycles. The van der Waals surface area contributed by atoms with E-state index >= 15 is 0 Å². The molecule has 2 N–H and O–H groups in total. The SMILES string of the molecule is Nc1cc(C(F)(F)F)ccc1OCc1cccs1. The van der Waals surface area contributed by atoms with Crippen LogP contribution in [0.1, 0.15) is 10.4 Å².